The van der Waals surface area contributed by atoms with Crippen molar-refractivity contribution in [1.29, 1.82) is 0 Å². The molecule has 1 aliphatic heterocycles. The van der Waals surface area contributed by atoms with Crippen LogP contribution in [0.2, 0.25) is 0 Å². The zero-order valence-corrected chi connectivity index (χ0v) is 21.6. The molecule has 1 aromatic heterocycles. The van der Waals surface area contributed by atoms with Crippen molar-refractivity contribution in [3.05, 3.63) is 98.8 Å². The minimum absolute atomic E-state index is 0.0226. The van der Waals surface area contributed by atoms with Crippen LogP contribution >= 0.6 is 11.3 Å². The van der Waals surface area contributed by atoms with Crippen molar-refractivity contribution in [1.82, 2.24) is 5.32 Å². The molecule has 0 fully saturated rings. The third-order valence-corrected chi connectivity index (χ3v) is 7.88. The van der Waals surface area contributed by atoms with Crippen molar-refractivity contribution in [2.75, 3.05) is 19.5 Å². The number of carbonyl (C=O) groups excluding carboxylic acids is 2. The van der Waals surface area contributed by atoms with Gasteiger partial charge in [0.05, 0.1) is 20.1 Å². The highest BCUT2D eigenvalue weighted by Gasteiger charge is 2.42. The lowest BCUT2D eigenvalue weighted by molar-refractivity contribution is -0.116. The van der Waals surface area contributed by atoms with Gasteiger partial charge in [-0.2, -0.15) is 0 Å². The van der Waals surface area contributed by atoms with Crippen LogP contribution in [0.15, 0.2) is 82.5 Å². The summed E-state index contributed by atoms with van der Waals surface area (Å²) in [5.41, 5.74) is 3.34. The van der Waals surface area contributed by atoms with E-state index in [0.717, 1.165) is 10.6 Å². The maximum atomic E-state index is 13.8. The summed E-state index contributed by atoms with van der Waals surface area (Å²) < 4.78 is 25.1. The van der Waals surface area contributed by atoms with Crippen LogP contribution in [0.25, 0.3) is 0 Å². The number of halogens is 1. The summed E-state index contributed by atoms with van der Waals surface area (Å²) in [4.78, 5) is 28.7. The monoisotopic (exact) mass is 518 g/mol. The Morgan fingerprint density at radius 2 is 1.89 bits per heavy atom. The van der Waals surface area contributed by atoms with Crippen molar-refractivity contribution in [2.24, 2.45) is 0 Å². The number of para-hydroxylation sites is 1. The number of benzene rings is 2. The fourth-order valence-corrected chi connectivity index (χ4v) is 6.11. The largest absolute Gasteiger partial charge is 0.493 e. The maximum Gasteiger partial charge on any atom is 0.254 e. The number of rotatable bonds is 6. The van der Waals surface area contributed by atoms with Gasteiger partial charge in [0.15, 0.2) is 17.3 Å². The quantitative estimate of drug-likeness (QED) is 0.425. The highest BCUT2D eigenvalue weighted by molar-refractivity contribution is 7.10. The summed E-state index contributed by atoms with van der Waals surface area (Å²) in [6.07, 6.45) is 1.00. The molecule has 0 bridgehead atoms. The van der Waals surface area contributed by atoms with Gasteiger partial charge in [0.25, 0.3) is 5.91 Å². The highest BCUT2D eigenvalue weighted by atomic mass is 32.1. The van der Waals surface area contributed by atoms with E-state index in [4.69, 9.17) is 9.47 Å². The van der Waals surface area contributed by atoms with E-state index in [1.165, 1.54) is 25.3 Å². The summed E-state index contributed by atoms with van der Waals surface area (Å²) in [5.74, 6) is -0.559. The molecule has 2 atom stereocenters. The summed E-state index contributed by atoms with van der Waals surface area (Å²) in [7, 11) is 3.08. The van der Waals surface area contributed by atoms with E-state index in [1.807, 2.05) is 30.5 Å². The third-order valence-electron chi connectivity index (χ3n) is 6.84. The van der Waals surface area contributed by atoms with E-state index in [-0.39, 0.29) is 11.7 Å². The fourth-order valence-electron chi connectivity index (χ4n) is 5.28. The van der Waals surface area contributed by atoms with E-state index in [9.17, 15) is 14.0 Å². The summed E-state index contributed by atoms with van der Waals surface area (Å²) in [6.45, 7) is 1.82. The molecule has 0 radical (unpaired) electrons. The molecule has 0 saturated carbocycles. The number of hydrogen-bond acceptors (Lipinski definition) is 6. The van der Waals surface area contributed by atoms with E-state index in [2.05, 4.69) is 16.7 Å². The molecule has 2 N–H and O–H groups in total. The maximum absolute atomic E-state index is 13.8. The number of dihydropyridines is 1. The van der Waals surface area contributed by atoms with Crippen molar-refractivity contribution in [3.8, 4) is 11.5 Å². The van der Waals surface area contributed by atoms with Gasteiger partial charge in [0.1, 0.15) is 5.82 Å². The Labute approximate surface area is 218 Å². The average Bonchev–Trinajstić information content (AvgIpc) is 3.42. The molecule has 6 nitrogen and oxygen atoms in total. The van der Waals surface area contributed by atoms with Crippen LogP contribution in [0.5, 0.6) is 11.5 Å². The number of anilines is 1. The summed E-state index contributed by atoms with van der Waals surface area (Å²) in [5, 5.41) is 8.20. The second-order valence-corrected chi connectivity index (χ2v) is 10.1. The number of allylic oxidation sites excluding steroid dienone is 3. The molecule has 1 aliphatic carbocycles. The van der Waals surface area contributed by atoms with Crippen LogP contribution in [-0.4, -0.2) is 25.9 Å². The first-order valence-electron chi connectivity index (χ1n) is 12.0. The standard InChI is InChI=1S/C29H27FN2O4S/c1-16-25(29(34)32-19-8-4-7-18(30)15-19)26(20-9-5-10-23(35-2)28(20)36-3)27-21(31-16)13-17(14-22(27)33)24-11-6-12-37-24/h4-12,15,17,26,31H,13-14H2,1-3H3,(H,32,34)/t17-,26+/m0/s1. The van der Waals surface area contributed by atoms with E-state index < -0.39 is 17.6 Å². The lowest BCUT2D eigenvalue weighted by Crippen LogP contribution is -2.37. The lowest BCUT2D eigenvalue weighted by Gasteiger charge is -2.37. The number of ether oxygens (including phenoxy) is 2. The van der Waals surface area contributed by atoms with Gasteiger partial charge >= 0.3 is 0 Å². The molecule has 8 heteroatoms. The number of thiophene rings is 1. The van der Waals surface area contributed by atoms with Crippen LogP contribution < -0.4 is 20.1 Å². The Bertz CT molecular complexity index is 1430. The van der Waals surface area contributed by atoms with Crippen molar-refractivity contribution in [3.63, 3.8) is 0 Å². The molecule has 190 valence electrons. The first-order valence-corrected chi connectivity index (χ1v) is 12.8. The van der Waals surface area contributed by atoms with Crippen LogP contribution in [-0.2, 0) is 9.59 Å². The number of nitrogens with one attached hydrogen (secondary N) is 2. The van der Waals surface area contributed by atoms with Crippen molar-refractivity contribution in [2.45, 2.75) is 31.6 Å². The van der Waals surface area contributed by atoms with Gasteiger partial charge in [-0.1, -0.05) is 24.3 Å². The SMILES string of the molecule is COc1cccc([C@@H]2C(C(=O)Nc3cccc(F)c3)=C(C)NC3=C2C(=O)C[C@@H](c2cccs2)C3)c1OC. The zero-order valence-electron chi connectivity index (χ0n) is 20.8. The topological polar surface area (TPSA) is 76.7 Å². The molecule has 0 unspecified atom stereocenters. The Hall–Kier alpha value is -3.91. The molecule has 0 spiro atoms. The lowest BCUT2D eigenvalue weighted by atomic mass is 9.72. The van der Waals surface area contributed by atoms with E-state index >= 15 is 0 Å². The van der Waals surface area contributed by atoms with Gasteiger partial charge in [-0.25, -0.2) is 4.39 Å². The van der Waals surface area contributed by atoms with Crippen LogP contribution in [0.3, 0.4) is 0 Å². The van der Waals surface area contributed by atoms with Gasteiger partial charge < -0.3 is 20.1 Å². The number of methoxy groups -OCH3 is 2. The van der Waals surface area contributed by atoms with E-state index in [0.29, 0.717) is 52.4 Å². The van der Waals surface area contributed by atoms with Gasteiger partial charge in [-0.05, 0) is 49.1 Å². The second kappa shape index (κ2) is 10.2. The van der Waals surface area contributed by atoms with Crippen molar-refractivity contribution >= 4 is 28.7 Å². The molecule has 2 heterocycles. The minimum Gasteiger partial charge on any atom is -0.493 e. The average molecular weight is 519 g/mol. The molecule has 3 aromatic rings. The van der Waals surface area contributed by atoms with Gasteiger partial charge in [0, 0.05) is 51.0 Å². The third kappa shape index (κ3) is 4.64. The Morgan fingerprint density at radius 1 is 1.08 bits per heavy atom. The molecule has 2 aliphatic rings. The number of hydrogen-bond donors (Lipinski definition) is 2. The second-order valence-electron chi connectivity index (χ2n) is 9.08. The first kappa shape index (κ1) is 24.8. The van der Waals surface area contributed by atoms with Crippen LogP contribution in [0.1, 0.15) is 42.0 Å². The molecular formula is C29H27FN2O4S. The van der Waals surface area contributed by atoms with E-state index in [1.54, 1.807) is 30.6 Å². The number of ketones is 1. The minimum atomic E-state index is -0.688. The van der Waals surface area contributed by atoms with Gasteiger partial charge in [-0.15, -0.1) is 11.3 Å². The predicted molar refractivity (Wildman–Crippen MR) is 141 cm³/mol. The summed E-state index contributed by atoms with van der Waals surface area (Å²) >= 11 is 1.64. The molecule has 37 heavy (non-hydrogen) atoms. The van der Waals surface area contributed by atoms with Gasteiger partial charge in [0.2, 0.25) is 0 Å². The molecular weight excluding hydrogens is 491 g/mol. The Balaban J connectivity index is 1.63. The molecule has 2 aromatic carbocycles. The molecule has 1 amide bonds. The van der Waals surface area contributed by atoms with Crippen LogP contribution in [0, 0.1) is 5.82 Å². The van der Waals surface area contributed by atoms with Crippen LogP contribution in [0.4, 0.5) is 10.1 Å². The normalized spacial score (nSPS) is 19.3. The van der Waals surface area contributed by atoms with Gasteiger partial charge in [-0.3, -0.25) is 9.59 Å². The number of carbonyl (C=O) groups is 2. The number of amides is 1. The Morgan fingerprint density at radius 3 is 2.59 bits per heavy atom. The smallest absolute Gasteiger partial charge is 0.254 e. The first-order chi connectivity index (χ1) is 17.9. The van der Waals surface area contributed by atoms with Crippen molar-refractivity contribution < 1.29 is 23.5 Å². The Kier molecular flexibility index (Phi) is 6.84. The predicted octanol–water partition coefficient (Wildman–Crippen LogP) is 5.90. The number of Topliss-reactive ketones (excluding diaryl/α,β-unsaturated/α-hetero) is 1. The summed E-state index contributed by atoms with van der Waals surface area (Å²) in [6, 6.07) is 15.2. The molecule has 0 saturated heterocycles. The highest BCUT2D eigenvalue weighted by Crippen LogP contribution is 2.49. The fraction of sp³-hybridized carbons (Fsp3) is 0.241. The molecule has 5 rings (SSSR count). The zero-order chi connectivity index (χ0) is 26.1.